The molecule has 1 aromatic heterocycles. The molecule has 4 unspecified atom stereocenters. The van der Waals surface area contributed by atoms with Crippen molar-refractivity contribution in [2.75, 3.05) is 20.2 Å². The maximum Gasteiger partial charge on any atom is 0.410 e. The topological polar surface area (TPSA) is 68.7 Å². The number of benzene rings is 1. The van der Waals surface area contributed by atoms with E-state index in [0.717, 1.165) is 37.4 Å². The van der Waals surface area contributed by atoms with Crippen molar-refractivity contribution in [2.24, 2.45) is 29.6 Å². The fourth-order valence-electron chi connectivity index (χ4n) is 6.00. The molecule has 5 rings (SSSR count). The fraction of sp³-hybridized carbons (Fsp3) is 0.625. The highest BCUT2D eigenvalue weighted by molar-refractivity contribution is 7.18. The SMILES string of the molecule is COC(=O)c1cc(F)c2nc(C[C@H]3C4CC5C(CC53)CN(C(=O)OC(C)(C)C)C4)sc2c1. The number of carbonyl (C=O) groups is 2. The summed E-state index contributed by atoms with van der Waals surface area (Å²) in [4.78, 5) is 31.1. The minimum Gasteiger partial charge on any atom is -0.465 e. The number of ether oxygens (including phenoxy) is 2. The molecule has 1 aromatic carbocycles. The zero-order valence-electron chi connectivity index (χ0n) is 18.9. The Hall–Kier alpha value is -2.22. The first-order chi connectivity index (χ1) is 15.1. The summed E-state index contributed by atoms with van der Waals surface area (Å²) in [5, 5.41) is 0.893. The normalized spacial score (nSPS) is 28.9. The number of carbonyl (C=O) groups excluding carboxylic acids is 2. The minimum absolute atomic E-state index is 0.204. The van der Waals surface area contributed by atoms with Crippen LogP contribution in [0.2, 0.25) is 0 Å². The molecule has 0 spiro atoms. The van der Waals surface area contributed by atoms with Gasteiger partial charge < -0.3 is 14.4 Å². The van der Waals surface area contributed by atoms with Crippen LogP contribution in [0.1, 0.15) is 49.0 Å². The maximum atomic E-state index is 14.6. The van der Waals surface area contributed by atoms with Gasteiger partial charge in [0, 0.05) is 19.5 Å². The van der Waals surface area contributed by atoms with Crippen LogP contribution in [-0.2, 0) is 15.9 Å². The molecule has 1 aliphatic heterocycles. The molecule has 1 amide bonds. The van der Waals surface area contributed by atoms with Crippen LogP contribution in [0.4, 0.5) is 9.18 Å². The molecule has 2 heterocycles. The largest absolute Gasteiger partial charge is 0.465 e. The van der Waals surface area contributed by atoms with E-state index in [0.29, 0.717) is 39.8 Å². The van der Waals surface area contributed by atoms with Crippen LogP contribution in [0.15, 0.2) is 12.1 Å². The number of aromatic nitrogens is 1. The van der Waals surface area contributed by atoms with Gasteiger partial charge in [0.2, 0.25) is 0 Å². The van der Waals surface area contributed by atoms with Gasteiger partial charge in [0.15, 0.2) is 5.82 Å². The lowest BCUT2D eigenvalue weighted by Gasteiger charge is -2.46. The zero-order valence-corrected chi connectivity index (χ0v) is 19.7. The Labute approximate surface area is 191 Å². The van der Waals surface area contributed by atoms with Gasteiger partial charge >= 0.3 is 12.1 Å². The molecule has 32 heavy (non-hydrogen) atoms. The Kier molecular flexibility index (Phi) is 5.19. The van der Waals surface area contributed by atoms with Crippen molar-refractivity contribution in [3.63, 3.8) is 0 Å². The van der Waals surface area contributed by atoms with Crippen LogP contribution in [0.5, 0.6) is 0 Å². The first-order valence-corrected chi connectivity index (χ1v) is 12.1. The molecule has 172 valence electrons. The van der Waals surface area contributed by atoms with E-state index in [-0.39, 0.29) is 11.7 Å². The van der Waals surface area contributed by atoms with E-state index >= 15 is 0 Å². The minimum atomic E-state index is -0.552. The van der Waals surface area contributed by atoms with E-state index in [1.165, 1.54) is 24.5 Å². The van der Waals surface area contributed by atoms with E-state index in [4.69, 9.17) is 9.47 Å². The molecule has 0 radical (unpaired) electrons. The van der Waals surface area contributed by atoms with Gasteiger partial charge in [-0.25, -0.2) is 19.0 Å². The lowest BCUT2D eigenvalue weighted by Crippen LogP contribution is -2.49. The van der Waals surface area contributed by atoms with Crippen molar-refractivity contribution < 1.29 is 23.5 Å². The summed E-state index contributed by atoms with van der Waals surface area (Å²) in [6.07, 6.45) is 2.85. The van der Waals surface area contributed by atoms with Crippen LogP contribution in [0.25, 0.3) is 10.2 Å². The number of thiazole rings is 1. The standard InChI is InChI=1S/C24H29FN2O4S/c1-24(2,3)31-23(29)27-10-13-5-15-14(11-27)6-17(15)16(13)9-20-26-21-18(25)7-12(22(28)30-4)8-19(21)32-20/h7-8,13-17H,5-6,9-11H2,1-4H3/t13?,14?,15?,16-,17?/m0/s1. The van der Waals surface area contributed by atoms with E-state index in [1.807, 2.05) is 25.7 Å². The monoisotopic (exact) mass is 460 g/mol. The lowest BCUT2D eigenvalue weighted by molar-refractivity contribution is -0.00769. The summed E-state index contributed by atoms with van der Waals surface area (Å²) in [5.41, 5.74) is 0.0198. The number of fused-ring (bicyclic) bond motifs is 2. The molecule has 6 nitrogen and oxygen atoms in total. The quantitative estimate of drug-likeness (QED) is 0.609. The number of likely N-dealkylation sites (tertiary alicyclic amines) is 1. The first-order valence-electron chi connectivity index (χ1n) is 11.3. The molecule has 2 aromatic rings. The summed E-state index contributed by atoms with van der Waals surface area (Å²) >= 11 is 1.45. The average Bonchev–Trinajstić information content (AvgIpc) is 3.16. The number of halogens is 1. The van der Waals surface area contributed by atoms with Crippen molar-refractivity contribution in [3.8, 4) is 0 Å². The van der Waals surface area contributed by atoms with Gasteiger partial charge in [0.1, 0.15) is 11.1 Å². The summed E-state index contributed by atoms with van der Waals surface area (Å²) in [5.74, 6) is 1.68. The molecule has 2 aliphatic carbocycles. The van der Waals surface area contributed by atoms with Gasteiger partial charge in [-0.05, 0) is 75.3 Å². The third-order valence-electron chi connectivity index (χ3n) is 7.35. The second kappa shape index (κ2) is 7.68. The van der Waals surface area contributed by atoms with E-state index in [2.05, 4.69) is 4.98 Å². The van der Waals surface area contributed by atoms with Crippen LogP contribution in [0, 0.1) is 35.4 Å². The summed E-state index contributed by atoms with van der Waals surface area (Å²) in [6.45, 7) is 7.20. The van der Waals surface area contributed by atoms with Crippen molar-refractivity contribution in [1.82, 2.24) is 9.88 Å². The Morgan fingerprint density at radius 2 is 1.91 bits per heavy atom. The van der Waals surface area contributed by atoms with E-state index < -0.39 is 17.4 Å². The van der Waals surface area contributed by atoms with Crippen molar-refractivity contribution >= 4 is 33.6 Å². The second-order valence-electron chi connectivity index (χ2n) is 10.5. The molecule has 5 atom stereocenters. The van der Waals surface area contributed by atoms with Crippen molar-refractivity contribution in [1.29, 1.82) is 0 Å². The summed E-state index contributed by atoms with van der Waals surface area (Å²) < 4.78 is 25.6. The van der Waals surface area contributed by atoms with Gasteiger partial charge in [-0.3, -0.25) is 0 Å². The van der Waals surface area contributed by atoms with Gasteiger partial charge in [0.05, 0.1) is 22.4 Å². The smallest absolute Gasteiger partial charge is 0.410 e. The molecular weight excluding hydrogens is 431 g/mol. The van der Waals surface area contributed by atoms with Gasteiger partial charge in [-0.1, -0.05) is 0 Å². The Morgan fingerprint density at radius 3 is 2.62 bits per heavy atom. The molecular formula is C24H29FN2O4S. The fourth-order valence-corrected chi connectivity index (χ4v) is 7.09. The number of hydrogen-bond acceptors (Lipinski definition) is 6. The third kappa shape index (κ3) is 3.76. The number of hydrogen-bond donors (Lipinski definition) is 0. The number of rotatable bonds is 3. The van der Waals surface area contributed by atoms with Crippen LogP contribution >= 0.6 is 11.3 Å². The Bertz CT molecular complexity index is 1080. The van der Waals surface area contributed by atoms with Crippen LogP contribution in [-0.4, -0.2) is 47.7 Å². The second-order valence-corrected chi connectivity index (χ2v) is 11.6. The number of esters is 1. The lowest BCUT2D eigenvalue weighted by atomic mass is 9.63. The van der Waals surface area contributed by atoms with Crippen LogP contribution in [0.3, 0.4) is 0 Å². The maximum absolute atomic E-state index is 14.6. The highest BCUT2D eigenvalue weighted by Crippen LogP contribution is 2.59. The Balaban J connectivity index is 1.36. The van der Waals surface area contributed by atoms with E-state index in [9.17, 15) is 14.0 Å². The zero-order chi connectivity index (χ0) is 22.8. The predicted octanol–water partition coefficient (Wildman–Crippen LogP) is 4.90. The Morgan fingerprint density at radius 1 is 1.19 bits per heavy atom. The highest BCUT2D eigenvalue weighted by Gasteiger charge is 2.56. The van der Waals surface area contributed by atoms with Crippen LogP contribution < -0.4 is 0 Å². The van der Waals surface area contributed by atoms with Gasteiger partial charge in [-0.2, -0.15) is 0 Å². The molecule has 3 fully saturated rings. The highest BCUT2D eigenvalue weighted by atomic mass is 32.1. The molecule has 0 N–H and O–H groups in total. The van der Waals surface area contributed by atoms with Gasteiger partial charge in [-0.15, -0.1) is 11.3 Å². The van der Waals surface area contributed by atoms with Crippen molar-refractivity contribution in [3.05, 3.63) is 28.5 Å². The predicted molar refractivity (Wildman–Crippen MR) is 119 cm³/mol. The molecule has 3 aliphatic rings. The number of amides is 1. The van der Waals surface area contributed by atoms with Gasteiger partial charge in [0.25, 0.3) is 0 Å². The summed E-state index contributed by atoms with van der Waals surface area (Å²) in [7, 11) is 1.29. The third-order valence-corrected chi connectivity index (χ3v) is 8.37. The number of methoxy groups -OCH3 is 1. The van der Waals surface area contributed by atoms with Crippen molar-refractivity contribution in [2.45, 2.75) is 45.6 Å². The molecule has 1 saturated heterocycles. The average molecular weight is 461 g/mol. The molecule has 2 saturated carbocycles. The number of nitrogens with zero attached hydrogens (tertiary/aromatic N) is 2. The molecule has 8 heteroatoms. The first kappa shape index (κ1) is 21.6. The molecule has 2 bridgehead atoms. The summed E-state index contributed by atoms with van der Waals surface area (Å²) in [6, 6.07) is 2.85. The van der Waals surface area contributed by atoms with E-state index in [1.54, 1.807) is 6.07 Å².